The highest BCUT2D eigenvalue weighted by Crippen LogP contribution is 2.41. The van der Waals surface area contributed by atoms with Crippen molar-refractivity contribution in [1.82, 2.24) is 10.3 Å². The second-order valence-electron chi connectivity index (χ2n) is 7.86. The lowest BCUT2D eigenvalue weighted by Crippen LogP contribution is -2.42. The van der Waals surface area contributed by atoms with E-state index in [4.69, 9.17) is 11.6 Å². The third kappa shape index (κ3) is 4.55. The Hall–Kier alpha value is -1.92. The molecule has 0 unspecified atom stereocenters. The van der Waals surface area contributed by atoms with E-state index in [-0.39, 0.29) is 18.2 Å². The average Bonchev–Trinajstić information content (AvgIpc) is 3.37. The molecule has 28 heavy (non-hydrogen) atoms. The molecule has 2 aliphatic rings. The summed E-state index contributed by atoms with van der Waals surface area (Å²) in [4.78, 5) is 30.2. The van der Waals surface area contributed by atoms with E-state index in [1.807, 2.05) is 29.6 Å². The number of thiazole rings is 1. The Morgan fingerprint density at radius 3 is 2.54 bits per heavy atom. The molecule has 2 aromatic rings. The van der Waals surface area contributed by atoms with Gasteiger partial charge in [-0.2, -0.15) is 0 Å². The van der Waals surface area contributed by atoms with Crippen LogP contribution in [0.3, 0.4) is 0 Å². The summed E-state index contributed by atoms with van der Waals surface area (Å²) in [7, 11) is 0. The number of carbonyl (C=O) groups excluding carboxylic acids is 2. The van der Waals surface area contributed by atoms with Gasteiger partial charge >= 0.3 is 0 Å². The summed E-state index contributed by atoms with van der Waals surface area (Å²) in [5.41, 5.74) is 1.14. The van der Waals surface area contributed by atoms with Gasteiger partial charge in [-0.25, -0.2) is 4.98 Å². The molecule has 2 fully saturated rings. The smallest absolute Gasteiger partial charge is 0.232 e. The first-order chi connectivity index (χ1) is 13.5. The molecule has 2 aliphatic carbocycles. The largest absolute Gasteiger partial charge is 0.353 e. The molecule has 0 spiro atoms. The van der Waals surface area contributed by atoms with Gasteiger partial charge in [0, 0.05) is 28.4 Å². The van der Waals surface area contributed by atoms with Gasteiger partial charge in [0.1, 0.15) is 0 Å². The summed E-state index contributed by atoms with van der Waals surface area (Å²) >= 11 is 7.35. The van der Waals surface area contributed by atoms with Crippen LogP contribution < -0.4 is 10.6 Å². The highest BCUT2D eigenvalue weighted by atomic mass is 35.5. The molecule has 0 saturated heterocycles. The van der Waals surface area contributed by atoms with E-state index in [1.54, 1.807) is 0 Å². The minimum absolute atomic E-state index is 0.000502. The first-order valence-corrected chi connectivity index (χ1v) is 11.1. The lowest BCUT2D eigenvalue weighted by atomic mass is 9.71. The van der Waals surface area contributed by atoms with Gasteiger partial charge in [-0.3, -0.25) is 9.59 Å². The number of carbonyl (C=O) groups is 2. The van der Waals surface area contributed by atoms with Crippen molar-refractivity contribution in [3.05, 3.63) is 34.7 Å². The molecule has 148 valence electrons. The third-order valence-corrected chi connectivity index (χ3v) is 6.61. The fraction of sp³-hybridized carbons (Fsp3) is 0.476. The number of hydrogen-bond acceptors (Lipinski definition) is 4. The highest BCUT2D eigenvalue weighted by Gasteiger charge is 2.42. The van der Waals surface area contributed by atoms with Crippen LogP contribution in [-0.2, 0) is 9.59 Å². The van der Waals surface area contributed by atoms with Crippen molar-refractivity contribution < 1.29 is 9.59 Å². The highest BCUT2D eigenvalue weighted by molar-refractivity contribution is 7.14. The number of halogens is 1. The molecule has 7 heteroatoms. The van der Waals surface area contributed by atoms with E-state index in [9.17, 15) is 9.59 Å². The molecule has 0 aliphatic heterocycles. The molecular formula is C21H24ClN3O2S. The Kier molecular flexibility index (Phi) is 5.69. The number of anilines is 1. The maximum atomic E-state index is 13.2. The van der Waals surface area contributed by atoms with E-state index in [2.05, 4.69) is 15.6 Å². The Balaban J connectivity index is 1.46. The molecule has 0 atom stereocenters. The fourth-order valence-corrected chi connectivity index (χ4v) is 4.68. The van der Waals surface area contributed by atoms with Crippen LogP contribution in [-0.4, -0.2) is 22.8 Å². The average molecular weight is 418 g/mol. The number of amides is 2. The minimum atomic E-state index is -0.622. The van der Waals surface area contributed by atoms with Gasteiger partial charge in [0.05, 0.1) is 11.1 Å². The van der Waals surface area contributed by atoms with Gasteiger partial charge in [0.25, 0.3) is 0 Å². The maximum absolute atomic E-state index is 13.2. The van der Waals surface area contributed by atoms with Gasteiger partial charge in [0.15, 0.2) is 5.13 Å². The van der Waals surface area contributed by atoms with Crippen molar-refractivity contribution in [1.29, 1.82) is 0 Å². The van der Waals surface area contributed by atoms with E-state index >= 15 is 0 Å². The number of hydrogen-bond donors (Lipinski definition) is 2. The molecule has 2 N–H and O–H groups in total. The molecular weight excluding hydrogens is 394 g/mol. The molecule has 1 aromatic heterocycles. The molecule has 1 heterocycles. The zero-order valence-electron chi connectivity index (χ0n) is 15.7. The van der Waals surface area contributed by atoms with Gasteiger partial charge < -0.3 is 10.6 Å². The predicted octanol–water partition coefficient (Wildman–Crippen LogP) is 5.02. The van der Waals surface area contributed by atoms with Gasteiger partial charge in [-0.1, -0.05) is 43.0 Å². The van der Waals surface area contributed by atoms with E-state index < -0.39 is 5.41 Å². The minimum Gasteiger partial charge on any atom is -0.353 e. The zero-order chi connectivity index (χ0) is 19.6. The normalized spacial score (nSPS) is 18.5. The first-order valence-electron chi connectivity index (χ1n) is 9.86. The van der Waals surface area contributed by atoms with Crippen molar-refractivity contribution in [2.75, 3.05) is 5.32 Å². The van der Waals surface area contributed by atoms with Gasteiger partial charge in [-0.05, 0) is 37.8 Å². The topological polar surface area (TPSA) is 71.1 Å². The summed E-state index contributed by atoms with van der Waals surface area (Å²) in [6.45, 7) is 0. The monoisotopic (exact) mass is 417 g/mol. The van der Waals surface area contributed by atoms with Crippen molar-refractivity contribution in [2.24, 2.45) is 5.41 Å². The maximum Gasteiger partial charge on any atom is 0.232 e. The Labute approximate surface area is 173 Å². The van der Waals surface area contributed by atoms with Crippen LogP contribution >= 0.6 is 22.9 Å². The molecule has 4 rings (SSSR count). The SMILES string of the molecule is O=C(CC1(C(=O)Nc2nc(-c3ccc(Cl)cc3)cs2)CCCCC1)NC1CC1. The van der Waals surface area contributed by atoms with E-state index in [0.717, 1.165) is 56.2 Å². The molecule has 0 bridgehead atoms. The zero-order valence-corrected chi connectivity index (χ0v) is 17.2. The van der Waals surface area contributed by atoms with E-state index in [1.165, 1.54) is 11.3 Å². The van der Waals surface area contributed by atoms with Crippen LogP contribution in [0.1, 0.15) is 51.4 Å². The van der Waals surface area contributed by atoms with Gasteiger partial charge in [0.2, 0.25) is 11.8 Å². The lowest BCUT2D eigenvalue weighted by molar-refractivity contribution is -0.134. The molecule has 2 amide bonds. The van der Waals surface area contributed by atoms with Crippen molar-refractivity contribution in [3.8, 4) is 11.3 Å². The van der Waals surface area contributed by atoms with Gasteiger partial charge in [-0.15, -0.1) is 11.3 Å². The third-order valence-electron chi connectivity index (χ3n) is 5.60. The Morgan fingerprint density at radius 1 is 1.14 bits per heavy atom. The van der Waals surface area contributed by atoms with Crippen LogP contribution in [0, 0.1) is 5.41 Å². The molecule has 5 nitrogen and oxygen atoms in total. The quantitative estimate of drug-likeness (QED) is 0.693. The summed E-state index contributed by atoms with van der Waals surface area (Å²) in [5.74, 6) is -0.0734. The Bertz CT molecular complexity index is 855. The van der Waals surface area contributed by atoms with Crippen molar-refractivity contribution in [3.63, 3.8) is 0 Å². The summed E-state index contributed by atoms with van der Waals surface area (Å²) in [6.07, 6.45) is 6.98. The Morgan fingerprint density at radius 2 is 1.86 bits per heavy atom. The molecule has 1 aromatic carbocycles. The molecule has 0 radical (unpaired) electrons. The standard InChI is InChI=1S/C21H24ClN3O2S/c22-15-6-4-14(5-7-15)17-13-28-20(24-17)25-19(27)21(10-2-1-3-11-21)12-18(26)23-16-8-9-16/h4-7,13,16H,1-3,8-12H2,(H,23,26)(H,24,25,27). The van der Waals surface area contributed by atoms with Crippen molar-refractivity contribution in [2.45, 2.75) is 57.4 Å². The second kappa shape index (κ2) is 8.21. The number of rotatable bonds is 6. The number of nitrogens with one attached hydrogen (secondary N) is 2. The predicted molar refractivity (Wildman–Crippen MR) is 112 cm³/mol. The van der Waals surface area contributed by atoms with Crippen molar-refractivity contribution >= 4 is 39.9 Å². The van der Waals surface area contributed by atoms with Crippen LogP contribution in [0.25, 0.3) is 11.3 Å². The van der Waals surface area contributed by atoms with E-state index in [0.29, 0.717) is 16.2 Å². The first kappa shape index (κ1) is 19.4. The van der Waals surface area contributed by atoms with Crippen LogP contribution in [0.2, 0.25) is 5.02 Å². The second-order valence-corrected chi connectivity index (χ2v) is 9.15. The summed E-state index contributed by atoms with van der Waals surface area (Å²) < 4.78 is 0. The number of aromatic nitrogens is 1. The van der Waals surface area contributed by atoms with Crippen LogP contribution in [0.15, 0.2) is 29.6 Å². The number of benzene rings is 1. The lowest BCUT2D eigenvalue weighted by Gasteiger charge is -2.35. The summed E-state index contributed by atoms with van der Waals surface area (Å²) in [6, 6.07) is 7.78. The fourth-order valence-electron chi connectivity index (χ4n) is 3.84. The van der Waals surface area contributed by atoms with Crippen LogP contribution in [0.4, 0.5) is 5.13 Å². The number of nitrogens with zero attached hydrogens (tertiary/aromatic N) is 1. The summed E-state index contributed by atoms with van der Waals surface area (Å²) in [5, 5.41) is 9.19. The van der Waals surface area contributed by atoms with Crippen LogP contribution in [0.5, 0.6) is 0 Å². The molecule has 2 saturated carbocycles.